The number of urea groups is 1. The topological polar surface area (TPSA) is 126 Å². The number of carbonyl (C=O) groups excluding carboxylic acids is 3. The van der Waals surface area contributed by atoms with Crippen LogP contribution >= 0.6 is 0 Å². The van der Waals surface area contributed by atoms with Crippen LogP contribution in [0.4, 0.5) is 9.59 Å². The molecule has 0 spiro atoms. The summed E-state index contributed by atoms with van der Waals surface area (Å²) in [5, 5.41) is 6.76. The van der Waals surface area contributed by atoms with E-state index in [0.717, 1.165) is 7.11 Å². The van der Waals surface area contributed by atoms with Crippen molar-refractivity contribution in [3.8, 4) is 0 Å². The summed E-state index contributed by atoms with van der Waals surface area (Å²) in [5.74, 6) is -0.835. The molecular formula is C9H17N4O6+. The first-order valence-corrected chi connectivity index (χ1v) is 5.40. The third kappa shape index (κ3) is 9.32. The molecule has 0 rings (SSSR count). The van der Waals surface area contributed by atoms with Gasteiger partial charge in [-0.2, -0.15) is 0 Å². The van der Waals surface area contributed by atoms with Gasteiger partial charge in [0.1, 0.15) is 0 Å². The molecule has 108 valence electrons. The summed E-state index contributed by atoms with van der Waals surface area (Å²) in [6.07, 6.45) is -0.785. The molecule has 3 amide bonds. The predicted molar refractivity (Wildman–Crippen MR) is 62.1 cm³/mol. The van der Waals surface area contributed by atoms with Crippen LogP contribution in [0.5, 0.6) is 0 Å². The van der Waals surface area contributed by atoms with Gasteiger partial charge in [-0.1, -0.05) is 0 Å². The third-order valence-corrected chi connectivity index (χ3v) is 1.69. The van der Waals surface area contributed by atoms with E-state index in [1.165, 1.54) is 0 Å². The van der Waals surface area contributed by atoms with Crippen molar-refractivity contribution in [2.24, 2.45) is 0 Å². The van der Waals surface area contributed by atoms with Gasteiger partial charge in [0.25, 0.3) is 13.2 Å². The van der Waals surface area contributed by atoms with E-state index in [0.29, 0.717) is 6.54 Å². The minimum absolute atomic E-state index is 0.269. The van der Waals surface area contributed by atoms with Crippen molar-refractivity contribution >= 4 is 18.1 Å². The first-order chi connectivity index (χ1) is 8.99. The number of methoxy groups -OCH3 is 1. The summed E-state index contributed by atoms with van der Waals surface area (Å²) in [5.41, 5.74) is 0. The second kappa shape index (κ2) is 9.62. The maximum absolute atomic E-state index is 11.1. The molecule has 0 aromatic heterocycles. The smallest absolute Gasteiger partial charge is 0.411 e. The minimum atomic E-state index is -0.835. The number of ether oxygens (including phenoxy) is 2. The van der Waals surface area contributed by atoms with E-state index in [9.17, 15) is 19.3 Å². The number of carbonyl (C=O) groups is 3. The molecule has 10 heteroatoms. The number of amides is 3. The Labute approximate surface area is 109 Å². The summed E-state index contributed by atoms with van der Waals surface area (Å²) < 4.78 is 9.07. The van der Waals surface area contributed by atoms with Gasteiger partial charge in [0, 0.05) is 16.2 Å². The van der Waals surface area contributed by atoms with Crippen LogP contribution in [0.25, 0.3) is 0 Å². The first kappa shape index (κ1) is 16.6. The number of nitrogens with one attached hydrogen (secondary N) is 3. The molecule has 0 saturated heterocycles. The summed E-state index contributed by atoms with van der Waals surface area (Å²) in [6.45, 7) is 0.831. The van der Waals surface area contributed by atoms with E-state index in [2.05, 4.69) is 25.4 Å². The van der Waals surface area contributed by atoms with Gasteiger partial charge in [-0.15, -0.1) is 0 Å². The van der Waals surface area contributed by atoms with E-state index in [1.54, 1.807) is 6.92 Å². The van der Waals surface area contributed by atoms with Crippen molar-refractivity contribution in [3.05, 3.63) is 4.91 Å². The largest absolute Gasteiger partial charge is 0.453 e. The maximum Gasteiger partial charge on any atom is 0.411 e. The highest BCUT2D eigenvalue weighted by atomic mass is 16.5. The fourth-order valence-electron chi connectivity index (χ4n) is 0.876. The van der Waals surface area contributed by atoms with Crippen LogP contribution in [0.15, 0.2) is 0 Å². The Bertz CT molecular complexity index is 346. The summed E-state index contributed by atoms with van der Waals surface area (Å²) in [7, 11) is 1.14. The summed E-state index contributed by atoms with van der Waals surface area (Å²) in [6, 6.07) is -0.485. The molecule has 0 aromatic carbocycles. The van der Waals surface area contributed by atoms with Crippen LogP contribution in [-0.2, 0) is 14.3 Å². The number of hydrogen-bond donors (Lipinski definition) is 3. The molecule has 0 atom stereocenters. The van der Waals surface area contributed by atoms with E-state index in [4.69, 9.17) is 0 Å². The highest BCUT2D eigenvalue weighted by molar-refractivity contribution is 5.74. The number of alkyl carbamates (subject to hydrolysis) is 1. The lowest BCUT2D eigenvalue weighted by Gasteiger charge is -2.05. The van der Waals surface area contributed by atoms with E-state index in [-0.39, 0.29) is 11.5 Å². The van der Waals surface area contributed by atoms with Crippen LogP contribution in [0.2, 0.25) is 0 Å². The molecule has 0 aliphatic heterocycles. The van der Waals surface area contributed by atoms with Crippen molar-refractivity contribution in [1.29, 1.82) is 0 Å². The lowest BCUT2D eigenvalue weighted by atomic mass is 10.6. The molecule has 0 unspecified atom stereocenters. The molecule has 0 bridgehead atoms. The van der Waals surface area contributed by atoms with Gasteiger partial charge < -0.3 is 20.1 Å². The number of rotatable bonds is 7. The fraction of sp³-hybridized carbons (Fsp3) is 0.667. The third-order valence-electron chi connectivity index (χ3n) is 1.69. The van der Waals surface area contributed by atoms with Gasteiger partial charge in [0.2, 0.25) is 0 Å². The van der Waals surface area contributed by atoms with Gasteiger partial charge in [-0.25, -0.2) is 14.4 Å². The van der Waals surface area contributed by atoms with Crippen LogP contribution < -0.4 is 16.0 Å². The van der Waals surface area contributed by atoms with Crippen LogP contribution in [0.3, 0.4) is 0 Å². The quantitative estimate of drug-likeness (QED) is 0.308. The second-order valence-corrected chi connectivity index (χ2v) is 3.16. The van der Waals surface area contributed by atoms with Crippen LogP contribution in [0, 0.1) is 4.91 Å². The average Bonchev–Trinajstić information content (AvgIpc) is 2.36. The van der Waals surface area contributed by atoms with Gasteiger partial charge in [-0.3, -0.25) is 5.32 Å². The summed E-state index contributed by atoms with van der Waals surface area (Å²) >= 11 is 0. The summed E-state index contributed by atoms with van der Waals surface area (Å²) in [4.78, 5) is 43.8. The standard InChI is InChI=1S/C9H16N4O6/c1-3-10-8(15)12-6-19-7(14)4-13(17)5-11-9(16)18-2/h3-6H2,1-2H3,(H2-,10,11,12,15,16)/p+1. The Hall–Kier alpha value is -2.39. The molecular weight excluding hydrogens is 260 g/mol. The molecule has 3 N–H and O–H groups in total. The number of esters is 1. The van der Waals surface area contributed by atoms with Gasteiger partial charge in [-0.05, 0) is 6.92 Å². The van der Waals surface area contributed by atoms with Crippen molar-refractivity contribution < 1.29 is 28.6 Å². The molecule has 0 aliphatic carbocycles. The Morgan fingerprint density at radius 1 is 1.16 bits per heavy atom. The SMILES string of the molecule is CCNC(=O)NCOC(=O)C[N+](=O)CNC(=O)OC. The number of nitroso groups, excluding NO2 is 1. The van der Waals surface area contributed by atoms with Crippen molar-refractivity contribution in [3.63, 3.8) is 0 Å². The van der Waals surface area contributed by atoms with Gasteiger partial charge in [0.05, 0.1) is 7.11 Å². The van der Waals surface area contributed by atoms with Crippen molar-refractivity contribution in [2.75, 3.05) is 33.6 Å². The number of nitrogens with zero attached hydrogens (tertiary/aromatic N) is 1. The zero-order chi connectivity index (χ0) is 14.7. The minimum Gasteiger partial charge on any atom is -0.453 e. The maximum atomic E-state index is 11.1. The number of hydrogen-bond acceptors (Lipinski definition) is 6. The highest BCUT2D eigenvalue weighted by Gasteiger charge is 2.17. The molecule has 10 nitrogen and oxygen atoms in total. The molecule has 0 aromatic rings. The van der Waals surface area contributed by atoms with Gasteiger partial charge >= 0.3 is 18.1 Å². The lowest BCUT2D eigenvalue weighted by Crippen LogP contribution is -2.38. The van der Waals surface area contributed by atoms with E-state index >= 15 is 0 Å². The Kier molecular flexibility index (Phi) is 8.41. The predicted octanol–water partition coefficient (Wildman–Crippen LogP) is -1.10. The zero-order valence-corrected chi connectivity index (χ0v) is 10.7. The van der Waals surface area contributed by atoms with E-state index < -0.39 is 31.3 Å². The van der Waals surface area contributed by atoms with Crippen molar-refractivity contribution in [2.45, 2.75) is 6.92 Å². The highest BCUT2D eigenvalue weighted by Crippen LogP contribution is 1.80. The van der Waals surface area contributed by atoms with Crippen molar-refractivity contribution in [1.82, 2.24) is 16.0 Å². The molecule has 0 radical (unpaired) electrons. The Balaban J connectivity index is 3.71. The Morgan fingerprint density at radius 2 is 1.84 bits per heavy atom. The molecule has 0 saturated carbocycles. The average molecular weight is 277 g/mol. The molecule has 0 fully saturated rings. The lowest BCUT2D eigenvalue weighted by molar-refractivity contribution is -0.542. The second-order valence-electron chi connectivity index (χ2n) is 3.16. The molecule has 0 heterocycles. The van der Waals surface area contributed by atoms with Gasteiger partial charge in [0.15, 0.2) is 6.73 Å². The Morgan fingerprint density at radius 3 is 2.42 bits per heavy atom. The molecule has 19 heavy (non-hydrogen) atoms. The van der Waals surface area contributed by atoms with Crippen LogP contribution in [-0.4, -0.2) is 56.5 Å². The van der Waals surface area contributed by atoms with E-state index in [1.807, 2.05) is 0 Å². The monoisotopic (exact) mass is 277 g/mol. The fourth-order valence-corrected chi connectivity index (χ4v) is 0.876. The first-order valence-electron chi connectivity index (χ1n) is 5.40. The molecule has 0 aliphatic rings. The zero-order valence-electron chi connectivity index (χ0n) is 10.7. The normalized spacial score (nSPS) is 9.16. The van der Waals surface area contributed by atoms with Crippen LogP contribution in [0.1, 0.15) is 6.92 Å².